The molecule has 1 rings (SSSR count). The van der Waals surface area contributed by atoms with Gasteiger partial charge in [-0.1, -0.05) is 12.8 Å². The molecule has 4 N–H and O–H groups in total. The molecule has 0 aromatic rings. The van der Waals surface area contributed by atoms with Crippen LogP contribution in [0.3, 0.4) is 0 Å². The first-order valence-corrected chi connectivity index (χ1v) is 7.83. The zero-order chi connectivity index (χ0) is 12.7. The average Bonchev–Trinajstić information content (AvgIpc) is 2.39. The van der Waals surface area contributed by atoms with Gasteiger partial charge in [0.25, 0.3) is 0 Å². The van der Waals surface area contributed by atoms with Crippen LogP contribution in [0, 0.1) is 0 Å². The summed E-state index contributed by atoms with van der Waals surface area (Å²) in [5.74, 6) is 0. The number of nitrogens with one attached hydrogen (secondary N) is 4. The second kappa shape index (κ2) is 13.3. The van der Waals surface area contributed by atoms with Gasteiger partial charge in [-0.25, -0.2) is 0 Å². The molecule has 1 aliphatic heterocycles. The molecule has 0 saturated carbocycles. The van der Waals surface area contributed by atoms with Gasteiger partial charge in [-0.3, -0.25) is 0 Å². The first-order valence-electron chi connectivity index (χ1n) is 7.83. The van der Waals surface area contributed by atoms with Gasteiger partial charge in [-0.2, -0.15) is 0 Å². The van der Waals surface area contributed by atoms with Crippen LogP contribution in [-0.2, 0) is 0 Å². The molecule has 1 heterocycles. The van der Waals surface area contributed by atoms with Crippen LogP contribution in [0.1, 0.15) is 38.5 Å². The molecule has 1 saturated heterocycles. The largest absolute Gasteiger partial charge is 0.315 e. The fraction of sp³-hybridized carbons (Fsp3) is 1.00. The smallest absolute Gasteiger partial charge is 0.00767 e. The first kappa shape index (κ1) is 15.9. The standard InChI is InChI=1S/C14H32N4/c1-3-7-15-11-13-17-9-5-2-6-10-18-14-12-16-8-4-1/h15-18H,1-14H2. The van der Waals surface area contributed by atoms with Gasteiger partial charge in [0.2, 0.25) is 0 Å². The molecule has 0 aromatic heterocycles. The van der Waals surface area contributed by atoms with Crippen molar-refractivity contribution in [1.82, 2.24) is 21.3 Å². The van der Waals surface area contributed by atoms with E-state index in [2.05, 4.69) is 21.3 Å². The molecule has 108 valence electrons. The van der Waals surface area contributed by atoms with E-state index in [0.29, 0.717) is 0 Å². The summed E-state index contributed by atoms with van der Waals surface area (Å²) < 4.78 is 0. The van der Waals surface area contributed by atoms with Crippen LogP contribution in [0.4, 0.5) is 0 Å². The van der Waals surface area contributed by atoms with Crippen LogP contribution < -0.4 is 21.3 Å². The summed E-state index contributed by atoms with van der Waals surface area (Å²) in [5, 5.41) is 14.0. The third-order valence-corrected chi connectivity index (χ3v) is 3.37. The van der Waals surface area contributed by atoms with Crippen LogP contribution in [0.25, 0.3) is 0 Å². The van der Waals surface area contributed by atoms with Crippen molar-refractivity contribution in [2.24, 2.45) is 0 Å². The van der Waals surface area contributed by atoms with Crippen molar-refractivity contribution in [3.05, 3.63) is 0 Å². The Balaban J connectivity index is 2.00. The molecule has 18 heavy (non-hydrogen) atoms. The lowest BCUT2D eigenvalue weighted by Gasteiger charge is -2.09. The molecule has 4 heteroatoms. The highest BCUT2D eigenvalue weighted by Crippen LogP contribution is 1.93. The molecule has 0 aliphatic carbocycles. The second-order valence-corrected chi connectivity index (χ2v) is 5.12. The molecule has 0 aromatic carbocycles. The van der Waals surface area contributed by atoms with E-state index < -0.39 is 0 Å². The molecule has 0 amide bonds. The Hall–Kier alpha value is -0.160. The molecular formula is C14H32N4. The van der Waals surface area contributed by atoms with Crippen molar-refractivity contribution < 1.29 is 0 Å². The van der Waals surface area contributed by atoms with E-state index in [1.165, 1.54) is 64.7 Å². The highest BCUT2D eigenvalue weighted by Gasteiger charge is 1.94. The number of hydrogen-bond acceptors (Lipinski definition) is 4. The predicted molar refractivity (Wildman–Crippen MR) is 79.2 cm³/mol. The van der Waals surface area contributed by atoms with Crippen molar-refractivity contribution in [3.8, 4) is 0 Å². The van der Waals surface area contributed by atoms with Crippen LogP contribution in [0.5, 0.6) is 0 Å². The Labute approximate surface area is 113 Å². The maximum atomic E-state index is 3.50. The quantitative estimate of drug-likeness (QED) is 0.515. The minimum absolute atomic E-state index is 1.11. The van der Waals surface area contributed by atoms with Crippen molar-refractivity contribution >= 4 is 0 Å². The topological polar surface area (TPSA) is 48.1 Å². The third-order valence-electron chi connectivity index (χ3n) is 3.37. The highest BCUT2D eigenvalue weighted by atomic mass is 14.9. The van der Waals surface area contributed by atoms with E-state index in [0.717, 1.165) is 26.2 Å². The van der Waals surface area contributed by atoms with Crippen LogP contribution in [-0.4, -0.2) is 52.4 Å². The van der Waals surface area contributed by atoms with Crippen LogP contribution >= 0.6 is 0 Å². The number of hydrogen-bond donors (Lipinski definition) is 4. The lowest BCUT2D eigenvalue weighted by molar-refractivity contribution is 0.525. The second-order valence-electron chi connectivity index (χ2n) is 5.12. The Bertz CT molecular complexity index is 88.8. The van der Waals surface area contributed by atoms with Gasteiger partial charge in [0.05, 0.1) is 0 Å². The van der Waals surface area contributed by atoms with Gasteiger partial charge < -0.3 is 21.3 Å². The van der Waals surface area contributed by atoms with Gasteiger partial charge in [0.1, 0.15) is 0 Å². The summed E-state index contributed by atoms with van der Waals surface area (Å²) >= 11 is 0. The maximum Gasteiger partial charge on any atom is 0.00767 e. The van der Waals surface area contributed by atoms with E-state index in [9.17, 15) is 0 Å². The molecule has 1 aliphatic rings. The van der Waals surface area contributed by atoms with E-state index in [1.54, 1.807) is 0 Å². The lowest BCUT2D eigenvalue weighted by Crippen LogP contribution is -2.30. The zero-order valence-corrected chi connectivity index (χ0v) is 11.9. The molecule has 0 bridgehead atoms. The van der Waals surface area contributed by atoms with Crippen molar-refractivity contribution in [2.45, 2.75) is 38.5 Å². The summed E-state index contributed by atoms with van der Waals surface area (Å²) in [6.07, 6.45) is 7.89. The fourth-order valence-electron chi connectivity index (χ4n) is 2.21. The van der Waals surface area contributed by atoms with Gasteiger partial charge in [0.15, 0.2) is 0 Å². The molecule has 0 spiro atoms. The summed E-state index contributed by atoms with van der Waals surface area (Å²) in [7, 11) is 0. The summed E-state index contributed by atoms with van der Waals surface area (Å²) in [6.45, 7) is 9.12. The maximum absolute atomic E-state index is 3.50. The van der Waals surface area contributed by atoms with E-state index in [-0.39, 0.29) is 0 Å². The first-order chi connectivity index (χ1) is 9.00. The van der Waals surface area contributed by atoms with E-state index >= 15 is 0 Å². The fourth-order valence-corrected chi connectivity index (χ4v) is 2.21. The van der Waals surface area contributed by atoms with Crippen molar-refractivity contribution in [3.63, 3.8) is 0 Å². The van der Waals surface area contributed by atoms with Gasteiger partial charge in [-0.05, 0) is 51.9 Å². The Morgan fingerprint density at radius 3 is 0.833 bits per heavy atom. The number of rotatable bonds is 0. The Morgan fingerprint density at radius 1 is 0.278 bits per heavy atom. The highest BCUT2D eigenvalue weighted by molar-refractivity contribution is 4.57. The minimum atomic E-state index is 1.11. The molecule has 0 unspecified atom stereocenters. The molecular weight excluding hydrogens is 224 g/mol. The molecule has 0 atom stereocenters. The Kier molecular flexibility index (Phi) is 11.7. The normalized spacial score (nSPS) is 24.0. The minimum Gasteiger partial charge on any atom is -0.315 e. The van der Waals surface area contributed by atoms with Crippen molar-refractivity contribution in [2.75, 3.05) is 52.4 Å². The monoisotopic (exact) mass is 256 g/mol. The van der Waals surface area contributed by atoms with E-state index in [4.69, 9.17) is 0 Å². The average molecular weight is 256 g/mol. The molecule has 4 nitrogen and oxygen atoms in total. The SMILES string of the molecule is C1CCNCCNCCCCCNCCNCC1. The van der Waals surface area contributed by atoms with Gasteiger partial charge in [-0.15, -0.1) is 0 Å². The van der Waals surface area contributed by atoms with Gasteiger partial charge in [0, 0.05) is 26.2 Å². The third kappa shape index (κ3) is 11.0. The summed E-state index contributed by atoms with van der Waals surface area (Å²) in [5.41, 5.74) is 0. The summed E-state index contributed by atoms with van der Waals surface area (Å²) in [6, 6.07) is 0. The molecule has 1 fully saturated rings. The zero-order valence-electron chi connectivity index (χ0n) is 11.9. The predicted octanol–water partition coefficient (Wildman–Crippen LogP) is 0.699. The Morgan fingerprint density at radius 2 is 0.556 bits per heavy atom. The van der Waals surface area contributed by atoms with Crippen LogP contribution in [0.15, 0.2) is 0 Å². The molecule has 0 radical (unpaired) electrons. The lowest BCUT2D eigenvalue weighted by atomic mass is 10.2. The van der Waals surface area contributed by atoms with Crippen molar-refractivity contribution in [1.29, 1.82) is 0 Å². The van der Waals surface area contributed by atoms with E-state index in [1.807, 2.05) is 0 Å². The summed E-state index contributed by atoms with van der Waals surface area (Å²) in [4.78, 5) is 0. The van der Waals surface area contributed by atoms with Crippen LogP contribution in [0.2, 0.25) is 0 Å². The van der Waals surface area contributed by atoms with Gasteiger partial charge >= 0.3 is 0 Å².